The van der Waals surface area contributed by atoms with Crippen molar-refractivity contribution in [3.63, 3.8) is 0 Å². The quantitative estimate of drug-likeness (QED) is 0.770. The zero-order valence-corrected chi connectivity index (χ0v) is 14.9. The first kappa shape index (κ1) is 18.5. The van der Waals surface area contributed by atoms with Gasteiger partial charge in [-0.1, -0.05) is 31.4 Å². The maximum atomic E-state index is 14.2. The molecule has 1 aliphatic rings. The van der Waals surface area contributed by atoms with Gasteiger partial charge in [-0.25, -0.2) is 13.4 Å². The molecule has 26 heavy (non-hydrogen) atoms. The summed E-state index contributed by atoms with van der Waals surface area (Å²) in [6.45, 7) is 0. The molecule has 0 radical (unpaired) electrons. The van der Waals surface area contributed by atoms with Gasteiger partial charge in [0.05, 0.1) is 4.90 Å². The van der Waals surface area contributed by atoms with Crippen LogP contribution < -0.4 is 10.1 Å². The molecule has 3 rings (SSSR count). The summed E-state index contributed by atoms with van der Waals surface area (Å²) in [4.78, 5) is 12.2. The van der Waals surface area contributed by atoms with Crippen LogP contribution in [0.3, 0.4) is 0 Å². The summed E-state index contributed by atoms with van der Waals surface area (Å²) in [5.74, 6) is -0.295. The normalized spacial score (nSPS) is 16.1. The van der Waals surface area contributed by atoms with Crippen LogP contribution in [0.4, 0.5) is 9.18 Å². The lowest BCUT2D eigenvalue weighted by Gasteiger charge is -2.22. The van der Waals surface area contributed by atoms with E-state index < -0.39 is 23.0 Å². The largest absolute Gasteiger partial charge is 0.412 e. The predicted molar refractivity (Wildman–Crippen MR) is 96.9 cm³/mol. The standard InChI is InChI=1S/C19H20FNO4S/c20-18-10-9-15(25-19(22)21-14-6-2-1-3-7-14)12-17(18)13-5-4-8-16(11-13)26(23)24/h4-5,8-12,14H,1-3,6-7H2,(H,21,22)(H,23,24). The fraction of sp³-hybridized carbons (Fsp3) is 0.316. The summed E-state index contributed by atoms with van der Waals surface area (Å²) in [5.41, 5.74) is 0.626. The van der Waals surface area contributed by atoms with Gasteiger partial charge >= 0.3 is 6.09 Å². The highest BCUT2D eigenvalue weighted by molar-refractivity contribution is 7.79. The molecule has 1 unspecified atom stereocenters. The van der Waals surface area contributed by atoms with Crippen LogP contribution in [-0.4, -0.2) is 20.9 Å². The van der Waals surface area contributed by atoms with Gasteiger partial charge in [0.15, 0.2) is 11.1 Å². The van der Waals surface area contributed by atoms with Crippen LogP contribution in [0.25, 0.3) is 11.1 Å². The van der Waals surface area contributed by atoms with Crippen molar-refractivity contribution in [2.45, 2.75) is 43.0 Å². The second kappa shape index (κ2) is 8.42. The van der Waals surface area contributed by atoms with E-state index in [0.717, 1.165) is 25.7 Å². The molecule has 1 atom stereocenters. The lowest BCUT2D eigenvalue weighted by atomic mass is 9.96. The Morgan fingerprint density at radius 3 is 2.65 bits per heavy atom. The first-order valence-corrected chi connectivity index (χ1v) is 9.63. The molecule has 0 saturated heterocycles. The lowest BCUT2D eigenvalue weighted by Crippen LogP contribution is -2.38. The van der Waals surface area contributed by atoms with Crippen LogP contribution in [0.15, 0.2) is 47.4 Å². The number of carbonyl (C=O) groups is 1. The molecular weight excluding hydrogens is 357 g/mol. The molecule has 0 heterocycles. The zero-order valence-electron chi connectivity index (χ0n) is 14.1. The van der Waals surface area contributed by atoms with Crippen LogP contribution in [0.2, 0.25) is 0 Å². The highest BCUT2D eigenvalue weighted by Gasteiger charge is 2.17. The van der Waals surface area contributed by atoms with Gasteiger partial charge < -0.3 is 14.6 Å². The fourth-order valence-corrected chi connectivity index (χ4v) is 3.53. The van der Waals surface area contributed by atoms with Crippen LogP contribution in [0.1, 0.15) is 32.1 Å². The summed E-state index contributed by atoms with van der Waals surface area (Å²) < 4.78 is 39.9. The number of hydrogen-bond donors (Lipinski definition) is 2. The number of hydrogen-bond acceptors (Lipinski definition) is 3. The number of amides is 1. The number of halogens is 1. The van der Waals surface area contributed by atoms with Crippen molar-refractivity contribution in [2.75, 3.05) is 0 Å². The highest BCUT2D eigenvalue weighted by Crippen LogP contribution is 2.28. The third kappa shape index (κ3) is 4.68. The van der Waals surface area contributed by atoms with E-state index in [4.69, 9.17) is 4.74 Å². The van der Waals surface area contributed by atoms with E-state index in [-0.39, 0.29) is 22.3 Å². The third-order valence-corrected chi connectivity index (χ3v) is 5.08. The number of nitrogens with one attached hydrogen (secondary N) is 1. The van der Waals surface area contributed by atoms with Gasteiger partial charge in [0.1, 0.15) is 11.6 Å². The zero-order chi connectivity index (χ0) is 18.5. The van der Waals surface area contributed by atoms with Crippen LogP contribution in [-0.2, 0) is 11.1 Å². The van der Waals surface area contributed by atoms with Gasteiger partial charge in [-0.05, 0) is 48.7 Å². The van der Waals surface area contributed by atoms with Gasteiger partial charge in [0.25, 0.3) is 0 Å². The number of benzene rings is 2. The van der Waals surface area contributed by atoms with Gasteiger partial charge in [-0.2, -0.15) is 0 Å². The molecule has 2 aromatic carbocycles. The first-order chi connectivity index (χ1) is 12.5. The van der Waals surface area contributed by atoms with E-state index in [1.807, 2.05) is 0 Å². The molecule has 138 valence electrons. The number of rotatable bonds is 4. The maximum absolute atomic E-state index is 14.2. The highest BCUT2D eigenvalue weighted by atomic mass is 32.2. The molecule has 1 saturated carbocycles. The summed E-state index contributed by atoms with van der Waals surface area (Å²) in [7, 11) is 0. The summed E-state index contributed by atoms with van der Waals surface area (Å²) in [6, 6.07) is 10.2. The minimum Gasteiger partial charge on any atom is -0.410 e. The smallest absolute Gasteiger partial charge is 0.410 e. The molecule has 7 heteroatoms. The Labute approximate surface area is 153 Å². The molecule has 5 nitrogen and oxygen atoms in total. The van der Waals surface area contributed by atoms with E-state index in [0.29, 0.717) is 5.56 Å². The Morgan fingerprint density at radius 1 is 1.15 bits per heavy atom. The number of carbonyl (C=O) groups excluding carboxylic acids is 1. The van der Waals surface area contributed by atoms with Crippen molar-refractivity contribution >= 4 is 17.2 Å². The molecule has 1 aliphatic carbocycles. The van der Waals surface area contributed by atoms with Gasteiger partial charge in [0, 0.05) is 11.6 Å². The average Bonchev–Trinajstić information content (AvgIpc) is 2.64. The minimum atomic E-state index is -2.16. The van der Waals surface area contributed by atoms with E-state index in [9.17, 15) is 17.9 Å². The second-order valence-electron chi connectivity index (χ2n) is 6.29. The molecule has 0 aliphatic heterocycles. The Morgan fingerprint density at radius 2 is 1.92 bits per heavy atom. The molecule has 1 fully saturated rings. The molecular formula is C19H20FNO4S. The minimum absolute atomic E-state index is 0.118. The van der Waals surface area contributed by atoms with E-state index in [1.165, 1.54) is 36.8 Å². The summed E-state index contributed by atoms with van der Waals surface area (Å²) in [6.07, 6.45) is 4.69. The average molecular weight is 377 g/mol. The molecule has 2 N–H and O–H groups in total. The first-order valence-electron chi connectivity index (χ1n) is 8.52. The van der Waals surface area contributed by atoms with E-state index in [2.05, 4.69) is 5.32 Å². The maximum Gasteiger partial charge on any atom is 0.412 e. The Hall–Kier alpha value is -2.25. The predicted octanol–water partition coefficient (Wildman–Crippen LogP) is 4.49. The third-order valence-electron chi connectivity index (χ3n) is 4.42. The Kier molecular flexibility index (Phi) is 6.00. The second-order valence-corrected chi connectivity index (χ2v) is 7.26. The van der Waals surface area contributed by atoms with E-state index in [1.54, 1.807) is 12.1 Å². The van der Waals surface area contributed by atoms with Gasteiger partial charge in [-0.3, -0.25) is 0 Å². The molecule has 0 bridgehead atoms. The van der Waals surface area contributed by atoms with Crippen LogP contribution >= 0.6 is 0 Å². The molecule has 1 amide bonds. The lowest BCUT2D eigenvalue weighted by molar-refractivity contribution is 0.192. The van der Waals surface area contributed by atoms with Crippen molar-refractivity contribution in [3.05, 3.63) is 48.3 Å². The van der Waals surface area contributed by atoms with Crippen molar-refractivity contribution < 1.29 is 22.7 Å². The van der Waals surface area contributed by atoms with Crippen molar-refractivity contribution in [1.82, 2.24) is 5.32 Å². The molecule has 0 aromatic heterocycles. The topological polar surface area (TPSA) is 75.6 Å². The van der Waals surface area contributed by atoms with E-state index >= 15 is 0 Å². The fourth-order valence-electron chi connectivity index (χ4n) is 3.11. The SMILES string of the molecule is O=C(NC1CCCCC1)Oc1ccc(F)c(-c2cccc(S(=O)O)c2)c1. The van der Waals surface area contributed by atoms with Crippen molar-refractivity contribution in [1.29, 1.82) is 0 Å². The summed E-state index contributed by atoms with van der Waals surface area (Å²) in [5, 5.41) is 2.84. The molecule has 2 aromatic rings. The van der Waals surface area contributed by atoms with Crippen molar-refractivity contribution in [3.8, 4) is 16.9 Å². The van der Waals surface area contributed by atoms with Crippen LogP contribution in [0.5, 0.6) is 5.75 Å². The van der Waals surface area contributed by atoms with Crippen LogP contribution in [0, 0.1) is 5.82 Å². The Bertz CT molecular complexity index is 821. The molecule has 0 spiro atoms. The van der Waals surface area contributed by atoms with Crippen molar-refractivity contribution in [2.24, 2.45) is 0 Å². The summed E-state index contributed by atoms with van der Waals surface area (Å²) >= 11 is -2.16. The monoisotopic (exact) mass is 377 g/mol. The number of ether oxygens (including phenoxy) is 1. The van der Waals surface area contributed by atoms with Gasteiger partial charge in [0.2, 0.25) is 0 Å². The van der Waals surface area contributed by atoms with Gasteiger partial charge in [-0.15, -0.1) is 0 Å². The Balaban J connectivity index is 1.76.